The van der Waals surface area contributed by atoms with Gasteiger partial charge in [0.25, 0.3) is 0 Å². The first kappa shape index (κ1) is 13.3. The smallest absolute Gasteiger partial charge is 0.191 e. The lowest BCUT2D eigenvalue weighted by Gasteiger charge is -2.17. The number of hydrogen-bond acceptors (Lipinski definition) is 4. The highest BCUT2D eigenvalue weighted by Gasteiger charge is 2.32. The van der Waals surface area contributed by atoms with E-state index in [1.807, 2.05) is 19.1 Å². The minimum atomic E-state index is -3.42. The normalized spacial score (nSPS) is 19.1. The van der Waals surface area contributed by atoms with E-state index in [1.54, 1.807) is 35.6 Å². The number of sulfone groups is 1. The molecule has 0 saturated carbocycles. The van der Waals surface area contributed by atoms with Gasteiger partial charge in [-0.1, -0.05) is 12.1 Å². The van der Waals surface area contributed by atoms with Crippen LogP contribution in [0.2, 0.25) is 0 Å². The Bertz CT molecular complexity index is 826. The lowest BCUT2D eigenvalue weighted by Crippen LogP contribution is -2.24. The highest BCUT2D eigenvalue weighted by molar-refractivity contribution is 7.91. The van der Waals surface area contributed by atoms with Crippen molar-refractivity contribution in [2.24, 2.45) is 0 Å². The van der Waals surface area contributed by atoms with E-state index in [-0.39, 0.29) is 22.0 Å². The fourth-order valence-electron chi connectivity index (χ4n) is 2.26. The summed E-state index contributed by atoms with van der Waals surface area (Å²) < 4.78 is 24.5. The summed E-state index contributed by atoms with van der Waals surface area (Å²) in [6.07, 6.45) is 1.69. The van der Waals surface area contributed by atoms with Crippen LogP contribution >= 0.6 is 11.3 Å². The molecule has 0 atom stereocenters. The Morgan fingerprint density at radius 2 is 1.90 bits per heavy atom. The van der Waals surface area contributed by atoms with Crippen molar-refractivity contribution in [2.75, 3.05) is 5.75 Å². The molecular weight excluding hydrogens is 292 g/mol. The van der Waals surface area contributed by atoms with Gasteiger partial charge < -0.3 is 0 Å². The third-order valence-corrected chi connectivity index (χ3v) is 5.85. The first-order valence-corrected chi connectivity index (χ1v) is 8.58. The van der Waals surface area contributed by atoms with Crippen LogP contribution in [-0.4, -0.2) is 20.0 Å². The maximum atomic E-state index is 12.4. The van der Waals surface area contributed by atoms with Crippen LogP contribution < -0.4 is 0 Å². The Hall–Kier alpha value is -1.72. The summed E-state index contributed by atoms with van der Waals surface area (Å²) in [5.74, 6) is -0.416. The molecule has 0 unspecified atom stereocenters. The van der Waals surface area contributed by atoms with Crippen LogP contribution in [0.4, 0.5) is 0 Å². The maximum Gasteiger partial charge on any atom is 0.191 e. The number of Topliss-reactive ketones (excluding diaryl/α,β-unsaturated/α-hetero) is 1. The molecule has 1 aromatic heterocycles. The summed E-state index contributed by atoms with van der Waals surface area (Å²) in [5, 5.41) is 0. The molecule has 2 heterocycles. The molecule has 3 nitrogen and oxygen atoms in total. The van der Waals surface area contributed by atoms with Gasteiger partial charge in [0.1, 0.15) is 0 Å². The Balaban J connectivity index is 2.14. The number of rotatable bonds is 1. The van der Waals surface area contributed by atoms with Crippen molar-refractivity contribution in [3.8, 4) is 0 Å². The third-order valence-electron chi connectivity index (χ3n) is 3.18. The summed E-state index contributed by atoms with van der Waals surface area (Å²) in [6, 6.07) is 10.2. The molecule has 3 rings (SSSR count). The number of carbonyl (C=O) groups excluding carboxylic acids is 1. The van der Waals surface area contributed by atoms with E-state index < -0.39 is 9.84 Å². The average molecular weight is 304 g/mol. The van der Waals surface area contributed by atoms with Crippen LogP contribution in [0.15, 0.2) is 46.9 Å². The first-order valence-electron chi connectivity index (χ1n) is 6.11. The van der Waals surface area contributed by atoms with Crippen molar-refractivity contribution in [1.29, 1.82) is 0 Å². The van der Waals surface area contributed by atoms with Crippen molar-refractivity contribution < 1.29 is 13.2 Å². The lowest BCUT2D eigenvalue weighted by atomic mass is 10.0. The maximum absolute atomic E-state index is 12.4. The molecule has 102 valence electrons. The molecule has 0 N–H and O–H groups in total. The van der Waals surface area contributed by atoms with Gasteiger partial charge in [-0.25, -0.2) is 8.42 Å². The van der Waals surface area contributed by atoms with Gasteiger partial charge in [0.15, 0.2) is 15.6 Å². The van der Waals surface area contributed by atoms with Crippen molar-refractivity contribution in [3.63, 3.8) is 0 Å². The predicted molar refractivity (Wildman–Crippen MR) is 79.9 cm³/mol. The van der Waals surface area contributed by atoms with Crippen LogP contribution in [0.25, 0.3) is 6.08 Å². The molecular formula is C15H12O3S2. The molecule has 5 heteroatoms. The molecule has 1 aromatic carbocycles. The zero-order valence-corrected chi connectivity index (χ0v) is 12.4. The van der Waals surface area contributed by atoms with Gasteiger partial charge in [-0.2, -0.15) is 0 Å². The van der Waals surface area contributed by atoms with Crippen molar-refractivity contribution in [3.05, 3.63) is 57.3 Å². The fourth-order valence-corrected chi connectivity index (χ4v) is 4.66. The quantitative estimate of drug-likeness (QED) is 0.761. The molecule has 1 aliphatic rings. The van der Waals surface area contributed by atoms with Crippen molar-refractivity contribution >= 4 is 33.0 Å². The Labute approximate surface area is 121 Å². The molecule has 0 fully saturated rings. The minimum Gasteiger partial charge on any atom is -0.289 e. The lowest BCUT2D eigenvalue weighted by molar-refractivity contribution is 0.103. The number of ketones is 1. The summed E-state index contributed by atoms with van der Waals surface area (Å²) in [4.78, 5) is 14.6. The van der Waals surface area contributed by atoms with Crippen LogP contribution in [0.5, 0.6) is 0 Å². The zero-order valence-electron chi connectivity index (χ0n) is 10.8. The zero-order chi connectivity index (χ0) is 14.3. The first-order chi connectivity index (χ1) is 9.47. The molecule has 0 amide bonds. The monoisotopic (exact) mass is 304 g/mol. The average Bonchev–Trinajstić information content (AvgIpc) is 2.81. The highest BCUT2D eigenvalue weighted by Crippen LogP contribution is 2.29. The standard InChI is InChI=1S/C15H12O3S2/c1-10-6-7-12(19-10)8-11-9-20(17,18)14-5-3-2-4-13(14)15(11)16/h2-8H,9H2,1H3/b11-8+. The van der Waals surface area contributed by atoms with E-state index in [1.165, 1.54) is 6.07 Å². The molecule has 20 heavy (non-hydrogen) atoms. The van der Waals surface area contributed by atoms with Gasteiger partial charge in [-0.3, -0.25) is 4.79 Å². The summed E-state index contributed by atoms with van der Waals surface area (Å²) in [6.45, 7) is 1.97. The number of aryl methyl sites for hydroxylation is 1. The van der Waals surface area contributed by atoms with Crippen LogP contribution in [0.3, 0.4) is 0 Å². The topological polar surface area (TPSA) is 51.2 Å². The van der Waals surface area contributed by atoms with E-state index >= 15 is 0 Å². The summed E-state index contributed by atoms with van der Waals surface area (Å²) >= 11 is 1.54. The number of benzene rings is 1. The SMILES string of the molecule is Cc1ccc(/C=C2\CS(=O)(=O)c3ccccc3C2=O)s1. The molecule has 0 aliphatic carbocycles. The van der Waals surface area contributed by atoms with E-state index in [0.717, 1.165) is 9.75 Å². The highest BCUT2D eigenvalue weighted by atomic mass is 32.2. The largest absolute Gasteiger partial charge is 0.289 e. The number of hydrogen-bond donors (Lipinski definition) is 0. The van der Waals surface area contributed by atoms with Crippen LogP contribution in [0.1, 0.15) is 20.1 Å². The Kier molecular flexibility index (Phi) is 3.11. The van der Waals surface area contributed by atoms with Crippen molar-refractivity contribution in [1.82, 2.24) is 0 Å². The summed E-state index contributed by atoms with van der Waals surface area (Å²) in [5.41, 5.74) is 0.615. The minimum absolute atomic E-state index is 0.143. The van der Waals surface area contributed by atoms with Gasteiger partial charge in [-0.15, -0.1) is 11.3 Å². The molecule has 0 bridgehead atoms. The molecule has 2 aromatic rings. The van der Waals surface area contributed by atoms with Crippen LogP contribution in [0, 0.1) is 6.92 Å². The van der Waals surface area contributed by atoms with Gasteiger partial charge in [0, 0.05) is 20.9 Å². The van der Waals surface area contributed by atoms with E-state index in [2.05, 4.69) is 0 Å². The molecule has 0 spiro atoms. The second-order valence-electron chi connectivity index (χ2n) is 4.70. The molecule has 0 radical (unpaired) electrons. The van der Waals surface area contributed by atoms with E-state index in [9.17, 15) is 13.2 Å². The molecule has 1 aliphatic heterocycles. The van der Waals surface area contributed by atoms with Gasteiger partial charge in [0.2, 0.25) is 0 Å². The molecule has 0 saturated heterocycles. The Morgan fingerprint density at radius 3 is 2.60 bits per heavy atom. The second kappa shape index (κ2) is 4.68. The fraction of sp³-hybridized carbons (Fsp3) is 0.133. The second-order valence-corrected chi connectivity index (χ2v) is 7.98. The number of thiophene rings is 1. The van der Waals surface area contributed by atoms with Gasteiger partial charge >= 0.3 is 0 Å². The van der Waals surface area contributed by atoms with E-state index in [0.29, 0.717) is 5.57 Å². The van der Waals surface area contributed by atoms with Crippen molar-refractivity contribution in [2.45, 2.75) is 11.8 Å². The predicted octanol–water partition coefficient (Wildman–Crippen LogP) is 3.11. The van der Waals surface area contributed by atoms with Crippen LogP contribution in [-0.2, 0) is 9.84 Å². The summed E-state index contributed by atoms with van der Waals surface area (Å²) in [7, 11) is -3.42. The van der Waals surface area contributed by atoms with Gasteiger partial charge in [-0.05, 0) is 37.3 Å². The van der Waals surface area contributed by atoms with E-state index in [4.69, 9.17) is 0 Å². The van der Waals surface area contributed by atoms with Gasteiger partial charge in [0.05, 0.1) is 10.6 Å². The third kappa shape index (κ3) is 2.23. The number of carbonyl (C=O) groups is 1. The number of fused-ring (bicyclic) bond motifs is 1. The Morgan fingerprint density at radius 1 is 1.15 bits per heavy atom.